The van der Waals surface area contributed by atoms with E-state index in [-0.39, 0.29) is 0 Å². The Balaban J connectivity index is 2.25. The minimum atomic E-state index is 0.632. The lowest BCUT2D eigenvalue weighted by molar-refractivity contribution is 0.782. The summed E-state index contributed by atoms with van der Waals surface area (Å²) in [6.07, 6.45) is 7.13. The number of aromatic nitrogens is 4. The quantitative estimate of drug-likeness (QED) is 0.772. The fraction of sp³-hybridized carbons (Fsp3) is 0.133. The number of hydrogen-bond donors (Lipinski definition) is 1. The Morgan fingerprint density at radius 1 is 1.05 bits per heavy atom. The Kier molecular flexibility index (Phi) is 2.95. The molecule has 5 nitrogen and oxygen atoms in total. The SMILES string of the molecule is Cc1cncc(-c2nn(C)c(N)c2-c2ccncc2)c1. The van der Waals surface area contributed by atoms with Gasteiger partial charge in [-0.3, -0.25) is 14.6 Å². The highest BCUT2D eigenvalue weighted by atomic mass is 15.3. The van der Waals surface area contributed by atoms with Crippen molar-refractivity contribution in [1.82, 2.24) is 19.7 Å². The number of nitrogens with zero attached hydrogens (tertiary/aromatic N) is 4. The van der Waals surface area contributed by atoms with Crippen molar-refractivity contribution >= 4 is 5.82 Å². The van der Waals surface area contributed by atoms with E-state index in [4.69, 9.17) is 5.73 Å². The first-order valence-corrected chi connectivity index (χ1v) is 6.31. The van der Waals surface area contributed by atoms with Crippen LogP contribution in [0.2, 0.25) is 0 Å². The van der Waals surface area contributed by atoms with Gasteiger partial charge in [-0.1, -0.05) is 0 Å². The molecule has 0 radical (unpaired) electrons. The van der Waals surface area contributed by atoms with Gasteiger partial charge in [-0.05, 0) is 36.2 Å². The molecule has 0 aliphatic rings. The standard InChI is InChI=1S/C15H15N5/c1-10-7-12(9-18-8-10)14-13(15(16)20(2)19-14)11-3-5-17-6-4-11/h3-9H,16H2,1-2H3. The second kappa shape index (κ2) is 4.77. The molecule has 0 unspecified atom stereocenters. The lowest BCUT2D eigenvalue weighted by Crippen LogP contribution is -1.97. The largest absolute Gasteiger partial charge is 0.383 e. The molecule has 0 atom stereocenters. The summed E-state index contributed by atoms with van der Waals surface area (Å²) in [5.74, 6) is 0.632. The first-order valence-electron chi connectivity index (χ1n) is 6.31. The number of hydrogen-bond acceptors (Lipinski definition) is 4. The zero-order valence-electron chi connectivity index (χ0n) is 11.4. The van der Waals surface area contributed by atoms with Crippen molar-refractivity contribution in [1.29, 1.82) is 0 Å². The Labute approximate surface area is 117 Å². The van der Waals surface area contributed by atoms with Gasteiger partial charge in [-0.25, -0.2) is 0 Å². The normalized spacial score (nSPS) is 10.7. The van der Waals surface area contributed by atoms with Crippen molar-refractivity contribution < 1.29 is 0 Å². The Bertz CT molecular complexity index is 746. The van der Waals surface area contributed by atoms with Crippen LogP contribution in [0.4, 0.5) is 5.82 Å². The molecule has 3 rings (SSSR count). The van der Waals surface area contributed by atoms with Crippen LogP contribution in [0.25, 0.3) is 22.4 Å². The first kappa shape index (κ1) is 12.3. The summed E-state index contributed by atoms with van der Waals surface area (Å²) in [5, 5.41) is 4.53. The Hall–Kier alpha value is -2.69. The molecule has 3 heterocycles. The zero-order chi connectivity index (χ0) is 14.1. The summed E-state index contributed by atoms with van der Waals surface area (Å²) in [6.45, 7) is 2.01. The van der Waals surface area contributed by atoms with E-state index in [1.54, 1.807) is 23.3 Å². The molecule has 2 N–H and O–H groups in total. The minimum Gasteiger partial charge on any atom is -0.383 e. The fourth-order valence-corrected chi connectivity index (χ4v) is 2.23. The highest BCUT2D eigenvalue weighted by molar-refractivity contribution is 5.87. The second-order valence-corrected chi connectivity index (χ2v) is 4.72. The molecule has 20 heavy (non-hydrogen) atoms. The molecule has 0 amide bonds. The molecule has 0 spiro atoms. The highest BCUT2D eigenvalue weighted by Gasteiger charge is 2.17. The summed E-state index contributed by atoms with van der Waals surface area (Å²) in [4.78, 5) is 8.28. The average Bonchev–Trinajstić information content (AvgIpc) is 2.76. The molecule has 0 aromatic carbocycles. The van der Waals surface area contributed by atoms with Gasteiger partial charge < -0.3 is 5.73 Å². The molecule has 0 aliphatic carbocycles. The predicted octanol–water partition coefficient (Wildman–Crippen LogP) is 2.43. The summed E-state index contributed by atoms with van der Waals surface area (Å²) in [7, 11) is 1.84. The van der Waals surface area contributed by atoms with Crippen molar-refractivity contribution in [3.05, 3.63) is 48.5 Å². The number of anilines is 1. The Morgan fingerprint density at radius 3 is 2.50 bits per heavy atom. The van der Waals surface area contributed by atoms with Gasteiger partial charge in [0.05, 0.1) is 5.56 Å². The number of nitrogen functional groups attached to an aromatic ring is 1. The van der Waals surface area contributed by atoms with Gasteiger partial charge in [0, 0.05) is 37.4 Å². The number of rotatable bonds is 2. The molecule has 100 valence electrons. The topological polar surface area (TPSA) is 69.6 Å². The number of pyridine rings is 2. The van der Waals surface area contributed by atoms with Crippen LogP contribution in [0.1, 0.15) is 5.56 Å². The van der Waals surface area contributed by atoms with Gasteiger partial charge in [0.15, 0.2) is 0 Å². The Morgan fingerprint density at radius 2 is 1.80 bits per heavy atom. The minimum absolute atomic E-state index is 0.632. The van der Waals surface area contributed by atoms with Gasteiger partial charge in [0.25, 0.3) is 0 Å². The van der Waals surface area contributed by atoms with E-state index in [1.807, 2.05) is 32.3 Å². The van der Waals surface area contributed by atoms with Crippen LogP contribution in [-0.4, -0.2) is 19.7 Å². The summed E-state index contributed by atoms with van der Waals surface area (Å²) >= 11 is 0. The van der Waals surface area contributed by atoms with E-state index < -0.39 is 0 Å². The highest BCUT2D eigenvalue weighted by Crippen LogP contribution is 2.35. The van der Waals surface area contributed by atoms with Crippen molar-refractivity contribution in [2.45, 2.75) is 6.92 Å². The molecule has 0 saturated carbocycles. The van der Waals surface area contributed by atoms with Gasteiger partial charge >= 0.3 is 0 Å². The molecule has 3 aromatic rings. The van der Waals surface area contributed by atoms with Gasteiger partial charge in [0.1, 0.15) is 11.5 Å². The van der Waals surface area contributed by atoms with Crippen LogP contribution in [0.5, 0.6) is 0 Å². The summed E-state index contributed by atoms with van der Waals surface area (Å²) < 4.78 is 1.69. The maximum atomic E-state index is 6.17. The van der Waals surface area contributed by atoms with Crippen molar-refractivity contribution in [3.8, 4) is 22.4 Å². The molecule has 0 fully saturated rings. The molecule has 0 aliphatic heterocycles. The molecular formula is C15H15N5. The van der Waals surface area contributed by atoms with Crippen LogP contribution in [0, 0.1) is 6.92 Å². The number of nitrogens with two attached hydrogens (primary N) is 1. The van der Waals surface area contributed by atoms with Crippen molar-refractivity contribution in [3.63, 3.8) is 0 Å². The van der Waals surface area contributed by atoms with Crippen molar-refractivity contribution in [2.24, 2.45) is 7.05 Å². The fourth-order valence-electron chi connectivity index (χ4n) is 2.23. The summed E-state index contributed by atoms with van der Waals surface area (Å²) in [5.41, 5.74) is 11.0. The second-order valence-electron chi connectivity index (χ2n) is 4.72. The average molecular weight is 265 g/mol. The molecular weight excluding hydrogens is 250 g/mol. The zero-order valence-corrected chi connectivity index (χ0v) is 11.4. The molecule has 0 bridgehead atoms. The monoisotopic (exact) mass is 265 g/mol. The number of aryl methyl sites for hydroxylation is 2. The van der Waals surface area contributed by atoms with Crippen LogP contribution in [0.3, 0.4) is 0 Å². The van der Waals surface area contributed by atoms with E-state index in [2.05, 4.69) is 21.1 Å². The lowest BCUT2D eigenvalue weighted by Gasteiger charge is -2.04. The first-order chi connectivity index (χ1) is 9.66. The van der Waals surface area contributed by atoms with E-state index >= 15 is 0 Å². The van der Waals surface area contributed by atoms with Crippen LogP contribution < -0.4 is 5.73 Å². The van der Waals surface area contributed by atoms with E-state index in [1.165, 1.54) is 0 Å². The third kappa shape index (κ3) is 2.03. The smallest absolute Gasteiger partial charge is 0.129 e. The molecule has 3 aromatic heterocycles. The van der Waals surface area contributed by atoms with E-state index in [0.717, 1.165) is 27.9 Å². The summed E-state index contributed by atoms with van der Waals surface area (Å²) in [6, 6.07) is 5.92. The third-order valence-corrected chi connectivity index (χ3v) is 3.21. The van der Waals surface area contributed by atoms with Crippen LogP contribution >= 0.6 is 0 Å². The third-order valence-electron chi connectivity index (χ3n) is 3.21. The van der Waals surface area contributed by atoms with E-state index in [9.17, 15) is 0 Å². The predicted molar refractivity (Wildman–Crippen MR) is 78.8 cm³/mol. The maximum Gasteiger partial charge on any atom is 0.129 e. The van der Waals surface area contributed by atoms with Crippen LogP contribution in [0.15, 0.2) is 43.0 Å². The maximum absolute atomic E-state index is 6.17. The molecule has 0 saturated heterocycles. The van der Waals surface area contributed by atoms with Crippen molar-refractivity contribution in [2.75, 3.05) is 5.73 Å². The van der Waals surface area contributed by atoms with Gasteiger partial charge in [-0.2, -0.15) is 5.10 Å². The van der Waals surface area contributed by atoms with Gasteiger partial charge in [-0.15, -0.1) is 0 Å². The lowest BCUT2D eigenvalue weighted by atomic mass is 10.0. The van der Waals surface area contributed by atoms with Gasteiger partial charge in [0.2, 0.25) is 0 Å². The molecule has 5 heteroatoms. The van der Waals surface area contributed by atoms with E-state index in [0.29, 0.717) is 5.82 Å². The van der Waals surface area contributed by atoms with Crippen LogP contribution in [-0.2, 0) is 7.05 Å².